The Balaban J connectivity index is 0.00000289. The summed E-state index contributed by atoms with van der Waals surface area (Å²) in [6.07, 6.45) is 1.32. The van der Waals surface area contributed by atoms with E-state index in [0.29, 0.717) is 22.0 Å². The molecule has 4 rings (SSSR count). The van der Waals surface area contributed by atoms with Crippen LogP contribution in [-0.4, -0.2) is 40.5 Å². The number of Topliss-reactive ketones (excluding diaryl/α,β-unsaturated/α-hetero) is 1. The van der Waals surface area contributed by atoms with E-state index in [9.17, 15) is 14.0 Å². The number of nitrogens with zero attached hydrogens (tertiary/aromatic N) is 2. The molecular formula is C24H22ClFN4O2. The van der Waals surface area contributed by atoms with Crippen molar-refractivity contribution in [2.24, 2.45) is 0 Å². The van der Waals surface area contributed by atoms with Crippen LogP contribution in [0.2, 0.25) is 5.02 Å². The fourth-order valence-corrected chi connectivity index (χ4v) is 3.20. The summed E-state index contributed by atoms with van der Waals surface area (Å²) in [6.45, 7) is 1.75. The molecule has 8 heteroatoms. The van der Waals surface area contributed by atoms with Gasteiger partial charge in [0.15, 0.2) is 5.78 Å². The van der Waals surface area contributed by atoms with Gasteiger partial charge in [-0.3, -0.25) is 15.0 Å². The first-order chi connectivity index (χ1) is 14.9. The molecule has 1 saturated heterocycles. The predicted octanol–water partition coefficient (Wildman–Crippen LogP) is 4.83. The van der Waals surface area contributed by atoms with Crippen molar-refractivity contribution in [2.45, 2.75) is 13.8 Å². The molecule has 2 aromatic carbocycles. The molecule has 164 valence electrons. The van der Waals surface area contributed by atoms with Crippen LogP contribution in [0, 0.1) is 11.2 Å². The van der Waals surface area contributed by atoms with Gasteiger partial charge in [0.05, 0.1) is 5.02 Å². The molecule has 0 atom stereocenters. The number of carbonyl (C=O) groups excluding carboxylic acids is 2. The van der Waals surface area contributed by atoms with Crippen molar-refractivity contribution in [1.82, 2.24) is 9.88 Å². The van der Waals surface area contributed by atoms with Gasteiger partial charge in [-0.15, -0.1) is 0 Å². The fourth-order valence-electron chi connectivity index (χ4n) is 3.09. The second-order valence-corrected chi connectivity index (χ2v) is 7.57. The molecule has 0 bridgehead atoms. The molecular weight excluding hydrogens is 431 g/mol. The second kappa shape index (κ2) is 9.70. The number of carbonyl (C=O) groups is 2. The Labute approximate surface area is 190 Å². The highest BCUT2D eigenvalue weighted by atomic mass is 35.5. The quantitative estimate of drug-likeness (QED) is 0.243. The van der Waals surface area contributed by atoms with Gasteiger partial charge in [0.1, 0.15) is 17.5 Å². The number of ketones is 1. The summed E-state index contributed by atoms with van der Waals surface area (Å²) in [7, 11) is 0. The summed E-state index contributed by atoms with van der Waals surface area (Å²) in [5.74, 6) is -0.662. The molecule has 0 spiro atoms. The van der Waals surface area contributed by atoms with Gasteiger partial charge in [-0.1, -0.05) is 49.4 Å². The molecule has 2 N–H and O–H groups in total. The number of rotatable bonds is 6. The summed E-state index contributed by atoms with van der Waals surface area (Å²) >= 11 is 5.80. The van der Waals surface area contributed by atoms with Crippen molar-refractivity contribution in [3.05, 3.63) is 93.9 Å². The third-order valence-corrected chi connectivity index (χ3v) is 5.10. The number of aromatic nitrogens is 1. The van der Waals surface area contributed by atoms with E-state index < -0.39 is 11.7 Å². The maximum Gasteiger partial charge on any atom is 0.257 e. The molecule has 32 heavy (non-hydrogen) atoms. The summed E-state index contributed by atoms with van der Waals surface area (Å²) in [5, 5.41) is 11.1. The van der Waals surface area contributed by atoms with Crippen molar-refractivity contribution in [1.29, 1.82) is 5.41 Å². The Morgan fingerprint density at radius 2 is 1.75 bits per heavy atom. The molecule has 0 aliphatic carbocycles. The zero-order chi connectivity index (χ0) is 22.0. The lowest BCUT2D eigenvalue weighted by Gasteiger charge is -2.11. The zero-order valence-electron chi connectivity index (χ0n) is 16.4. The lowest BCUT2D eigenvalue weighted by molar-refractivity contribution is 0.0992. The lowest BCUT2D eigenvalue weighted by Crippen LogP contribution is -2.17. The summed E-state index contributed by atoms with van der Waals surface area (Å²) in [4.78, 5) is 31.4. The smallest absolute Gasteiger partial charge is 0.257 e. The molecule has 1 aliphatic heterocycles. The van der Waals surface area contributed by atoms with Crippen LogP contribution in [0.1, 0.15) is 39.3 Å². The number of pyridine rings is 1. The average molecular weight is 453 g/mol. The molecule has 1 fully saturated rings. The molecule has 1 aliphatic rings. The Morgan fingerprint density at radius 1 is 1.06 bits per heavy atom. The van der Waals surface area contributed by atoms with Crippen LogP contribution in [0.25, 0.3) is 0 Å². The maximum absolute atomic E-state index is 13.8. The second-order valence-electron chi connectivity index (χ2n) is 7.13. The minimum absolute atomic E-state index is 0. The van der Waals surface area contributed by atoms with Crippen molar-refractivity contribution >= 4 is 34.9 Å². The number of halogens is 2. The minimum atomic E-state index is -0.580. The number of hydrogen-bond donors (Lipinski definition) is 2. The van der Waals surface area contributed by atoms with E-state index in [2.05, 4.69) is 10.3 Å². The summed E-state index contributed by atoms with van der Waals surface area (Å²) in [5.41, 5.74) is 1.66. The molecule has 3 aromatic rings. The first-order valence-corrected chi connectivity index (χ1v) is 9.97. The summed E-state index contributed by atoms with van der Waals surface area (Å²) in [6, 6.07) is 13.6. The highest BCUT2D eigenvalue weighted by Gasteiger charge is 2.22. The largest absolute Gasteiger partial charge is 0.353 e. The van der Waals surface area contributed by atoms with Crippen molar-refractivity contribution in [3.8, 4) is 0 Å². The van der Waals surface area contributed by atoms with Gasteiger partial charge in [0.2, 0.25) is 0 Å². The lowest BCUT2D eigenvalue weighted by atomic mass is 9.97. The highest BCUT2D eigenvalue weighted by Crippen LogP contribution is 2.19. The number of amides is 1. The van der Waals surface area contributed by atoms with Crippen LogP contribution in [-0.2, 0) is 6.42 Å². The molecule has 2 heterocycles. The van der Waals surface area contributed by atoms with Crippen LogP contribution in [0.5, 0.6) is 0 Å². The third kappa shape index (κ3) is 5.36. The van der Waals surface area contributed by atoms with Gasteiger partial charge < -0.3 is 10.2 Å². The topological polar surface area (TPSA) is 85.9 Å². The number of amidine groups is 1. The van der Waals surface area contributed by atoms with Crippen molar-refractivity contribution < 1.29 is 14.0 Å². The standard InChI is InChI=1S/C23H18ClFN4O2.CH4/c24-17-6-8-21(27-13-17)28-23(31)19-12-18(25)7-5-16(19)11-20(30)14-1-3-15(4-2-14)22(26)29-9-10-29;/h1-8,12-13,26H,9-11H2,(H,27,28,31);1H4. The van der Waals surface area contributed by atoms with Gasteiger partial charge in [0, 0.05) is 42.4 Å². The van der Waals surface area contributed by atoms with Crippen molar-refractivity contribution in [2.75, 3.05) is 18.4 Å². The normalized spacial score (nSPS) is 12.0. The van der Waals surface area contributed by atoms with Crippen LogP contribution < -0.4 is 5.32 Å². The summed E-state index contributed by atoms with van der Waals surface area (Å²) < 4.78 is 13.8. The van der Waals surface area contributed by atoms with E-state index in [4.69, 9.17) is 17.0 Å². The SMILES string of the molecule is C.N=C(c1ccc(C(=O)Cc2ccc(F)cc2C(=O)Nc2ccc(Cl)cn2)cc1)N1CC1. The Morgan fingerprint density at radius 3 is 2.38 bits per heavy atom. The molecule has 1 aromatic heterocycles. The fraction of sp³-hybridized carbons (Fsp3) is 0.167. The number of hydrogen-bond acceptors (Lipinski definition) is 4. The Kier molecular flexibility index (Phi) is 7.00. The molecule has 6 nitrogen and oxygen atoms in total. The van der Waals surface area contributed by atoms with E-state index >= 15 is 0 Å². The van der Waals surface area contributed by atoms with Crippen LogP contribution in [0.3, 0.4) is 0 Å². The Hall–Kier alpha value is -3.58. The highest BCUT2D eigenvalue weighted by molar-refractivity contribution is 6.30. The van der Waals surface area contributed by atoms with Gasteiger partial charge in [-0.25, -0.2) is 9.37 Å². The third-order valence-electron chi connectivity index (χ3n) is 4.88. The molecule has 1 amide bonds. The number of anilines is 1. The van der Waals surface area contributed by atoms with Gasteiger partial charge >= 0.3 is 0 Å². The van der Waals surface area contributed by atoms with Crippen LogP contribution >= 0.6 is 11.6 Å². The minimum Gasteiger partial charge on any atom is -0.353 e. The van der Waals surface area contributed by atoms with E-state index in [1.54, 1.807) is 30.3 Å². The monoisotopic (exact) mass is 452 g/mol. The van der Waals surface area contributed by atoms with E-state index in [1.807, 2.05) is 4.90 Å². The van der Waals surface area contributed by atoms with Gasteiger partial charge in [-0.2, -0.15) is 0 Å². The van der Waals surface area contributed by atoms with E-state index in [-0.39, 0.29) is 31.0 Å². The number of benzene rings is 2. The first kappa shape index (κ1) is 23.1. The van der Waals surface area contributed by atoms with Crippen molar-refractivity contribution in [3.63, 3.8) is 0 Å². The van der Waals surface area contributed by atoms with E-state index in [1.165, 1.54) is 24.4 Å². The first-order valence-electron chi connectivity index (χ1n) is 9.59. The average Bonchev–Trinajstić information content (AvgIpc) is 3.61. The number of nitrogens with one attached hydrogen (secondary N) is 2. The Bertz CT molecular complexity index is 1160. The van der Waals surface area contributed by atoms with Gasteiger partial charge in [0.25, 0.3) is 5.91 Å². The zero-order valence-corrected chi connectivity index (χ0v) is 17.1. The maximum atomic E-state index is 13.8. The van der Waals surface area contributed by atoms with E-state index in [0.717, 1.165) is 24.7 Å². The van der Waals surface area contributed by atoms with Gasteiger partial charge in [-0.05, 0) is 29.8 Å². The molecule has 0 unspecified atom stereocenters. The molecule has 0 saturated carbocycles. The predicted molar refractivity (Wildman–Crippen MR) is 123 cm³/mol. The van der Waals surface area contributed by atoms with Crippen LogP contribution in [0.4, 0.5) is 10.2 Å². The van der Waals surface area contributed by atoms with Crippen LogP contribution in [0.15, 0.2) is 60.8 Å². The molecule has 0 radical (unpaired) electrons.